The van der Waals surface area contributed by atoms with Gasteiger partial charge in [0, 0.05) is 32.8 Å². The predicted molar refractivity (Wildman–Crippen MR) is 74.1 cm³/mol. The Morgan fingerprint density at radius 1 is 1.50 bits per heavy atom. The van der Waals surface area contributed by atoms with Crippen molar-refractivity contribution in [3.8, 4) is 0 Å². The summed E-state index contributed by atoms with van der Waals surface area (Å²) >= 11 is 0. The molecule has 20 heavy (non-hydrogen) atoms. The fourth-order valence-corrected chi connectivity index (χ4v) is 3.12. The fourth-order valence-electron chi connectivity index (χ4n) is 1.69. The highest BCUT2D eigenvalue weighted by Gasteiger charge is 2.26. The Kier molecular flexibility index (Phi) is 5.03. The number of nitrogens with one attached hydrogen (secondary N) is 1. The molecule has 0 amide bonds. The van der Waals surface area contributed by atoms with E-state index in [0.29, 0.717) is 0 Å². The molecule has 9 heteroatoms. The highest BCUT2D eigenvalue weighted by molar-refractivity contribution is 7.89. The van der Waals surface area contributed by atoms with Crippen LogP contribution in [0, 0.1) is 10.1 Å². The van der Waals surface area contributed by atoms with Gasteiger partial charge in [0.05, 0.1) is 16.7 Å². The lowest BCUT2D eigenvalue weighted by atomic mass is 10.3. The Balaban J connectivity index is 3.28. The minimum atomic E-state index is -3.83. The van der Waals surface area contributed by atoms with Crippen molar-refractivity contribution in [1.82, 2.24) is 4.31 Å². The quantitative estimate of drug-likeness (QED) is 0.589. The monoisotopic (exact) mass is 303 g/mol. The molecule has 1 atom stereocenters. The van der Waals surface area contributed by atoms with Crippen molar-refractivity contribution < 1.29 is 18.4 Å². The van der Waals surface area contributed by atoms with Gasteiger partial charge in [0.15, 0.2) is 0 Å². The first-order chi connectivity index (χ1) is 9.20. The maximum Gasteiger partial charge on any atom is 0.271 e. The van der Waals surface area contributed by atoms with Crippen LogP contribution in [-0.2, 0) is 10.0 Å². The number of hydrogen-bond donors (Lipinski definition) is 2. The van der Waals surface area contributed by atoms with Gasteiger partial charge < -0.3 is 10.4 Å². The molecule has 1 unspecified atom stereocenters. The third-order valence-electron chi connectivity index (χ3n) is 2.65. The number of rotatable bonds is 6. The summed E-state index contributed by atoms with van der Waals surface area (Å²) in [4.78, 5) is 10.0. The minimum absolute atomic E-state index is 0.0670. The summed E-state index contributed by atoms with van der Waals surface area (Å²) in [6.07, 6.45) is -0.814. The second kappa shape index (κ2) is 6.16. The number of aliphatic hydroxyl groups excluding tert-OH is 1. The molecule has 0 aliphatic rings. The molecule has 0 heterocycles. The maximum absolute atomic E-state index is 12.3. The lowest BCUT2D eigenvalue weighted by Gasteiger charge is -2.20. The second-order valence-corrected chi connectivity index (χ2v) is 6.34. The van der Waals surface area contributed by atoms with Crippen molar-refractivity contribution in [2.75, 3.05) is 26.0 Å². The molecule has 0 aliphatic heterocycles. The number of nitro benzene ring substituents is 1. The minimum Gasteiger partial charge on any atom is -0.392 e. The molecular formula is C11H17N3O5S. The zero-order chi connectivity index (χ0) is 15.5. The van der Waals surface area contributed by atoms with E-state index < -0.39 is 21.1 Å². The number of non-ortho nitro benzene ring substituents is 1. The number of sulfonamides is 1. The van der Waals surface area contributed by atoms with Crippen LogP contribution in [-0.4, -0.2) is 49.5 Å². The molecule has 1 aromatic carbocycles. The molecule has 0 bridgehead atoms. The van der Waals surface area contributed by atoms with Crippen molar-refractivity contribution in [3.63, 3.8) is 0 Å². The molecule has 2 N–H and O–H groups in total. The third kappa shape index (κ3) is 3.44. The van der Waals surface area contributed by atoms with Crippen LogP contribution in [0.1, 0.15) is 6.92 Å². The number of nitro groups is 1. The summed E-state index contributed by atoms with van der Waals surface area (Å²) in [6, 6.07) is 3.46. The summed E-state index contributed by atoms with van der Waals surface area (Å²) in [5.74, 6) is 0. The van der Waals surface area contributed by atoms with Crippen molar-refractivity contribution >= 4 is 21.4 Å². The predicted octanol–water partition coefficient (Wildman–Crippen LogP) is 0.638. The Bertz CT molecular complexity index is 600. The topological polar surface area (TPSA) is 113 Å². The summed E-state index contributed by atoms with van der Waals surface area (Å²) < 4.78 is 25.7. The van der Waals surface area contributed by atoms with Crippen LogP contribution in [0.15, 0.2) is 23.1 Å². The molecule has 0 spiro atoms. The standard InChI is InChI=1S/C11H17N3O5S/c1-8(15)7-13(3)20(18,19)11-5-4-9(14(16)17)6-10(11)12-2/h4-6,8,12,15H,7H2,1-3H3. The van der Waals surface area contributed by atoms with Crippen molar-refractivity contribution in [1.29, 1.82) is 0 Å². The Morgan fingerprint density at radius 2 is 2.10 bits per heavy atom. The van der Waals surface area contributed by atoms with Gasteiger partial charge in [-0.2, -0.15) is 4.31 Å². The number of hydrogen-bond acceptors (Lipinski definition) is 6. The average Bonchev–Trinajstić information content (AvgIpc) is 2.36. The lowest BCUT2D eigenvalue weighted by Crippen LogP contribution is -2.33. The van der Waals surface area contributed by atoms with Crippen LogP contribution in [0.25, 0.3) is 0 Å². The first-order valence-corrected chi connectivity index (χ1v) is 7.24. The van der Waals surface area contributed by atoms with E-state index in [2.05, 4.69) is 5.32 Å². The van der Waals surface area contributed by atoms with E-state index in [4.69, 9.17) is 0 Å². The van der Waals surface area contributed by atoms with Gasteiger partial charge in [-0.25, -0.2) is 8.42 Å². The first-order valence-electron chi connectivity index (χ1n) is 5.80. The van der Waals surface area contributed by atoms with Crippen LogP contribution in [0.2, 0.25) is 0 Å². The number of benzene rings is 1. The summed E-state index contributed by atoms with van der Waals surface area (Å²) in [6.45, 7) is 1.41. The molecule has 1 rings (SSSR count). The van der Waals surface area contributed by atoms with E-state index in [-0.39, 0.29) is 22.8 Å². The van der Waals surface area contributed by atoms with E-state index in [0.717, 1.165) is 16.4 Å². The lowest BCUT2D eigenvalue weighted by molar-refractivity contribution is -0.384. The molecule has 0 radical (unpaired) electrons. The van der Waals surface area contributed by atoms with Gasteiger partial charge >= 0.3 is 0 Å². The zero-order valence-corrected chi connectivity index (χ0v) is 12.2. The SMILES string of the molecule is CNc1cc([N+](=O)[O-])ccc1S(=O)(=O)N(C)CC(C)O. The van der Waals surface area contributed by atoms with E-state index in [1.54, 1.807) is 0 Å². The van der Waals surface area contributed by atoms with Crippen molar-refractivity contribution in [3.05, 3.63) is 28.3 Å². The molecular weight excluding hydrogens is 286 g/mol. The van der Waals surface area contributed by atoms with Crippen molar-refractivity contribution in [2.45, 2.75) is 17.9 Å². The van der Waals surface area contributed by atoms with E-state index in [1.807, 2.05) is 0 Å². The second-order valence-electron chi connectivity index (χ2n) is 4.32. The summed E-state index contributed by atoms with van der Waals surface area (Å²) in [7, 11) is -1.02. The van der Waals surface area contributed by atoms with Crippen LogP contribution < -0.4 is 5.32 Å². The Hall–Kier alpha value is -1.71. The van der Waals surface area contributed by atoms with Crippen molar-refractivity contribution in [2.24, 2.45) is 0 Å². The van der Waals surface area contributed by atoms with Gasteiger partial charge in [0.25, 0.3) is 5.69 Å². The van der Waals surface area contributed by atoms with Gasteiger partial charge in [0.2, 0.25) is 10.0 Å². The Morgan fingerprint density at radius 3 is 2.55 bits per heavy atom. The molecule has 1 aromatic rings. The largest absolute Gasteiger partial charge is 0.392 e. The van der Waals surface area contributed by atoms with Crippen LogP contribution in [0.4, 0.5) is 11.4 Å². The first kappa shape index (κ1) is 16.3. The fraction of sp³-hybridized carbons (Fsp3) is 0.455. The van der Waals surface area contributed by atoms with Gasteiger partial charge in [-0.1, -0.05) is 0 Å². The number of nitrogens with zero attached hydrogens (tertiary/aromatic N) is 2. The molecule has 0 saturated heterocycles. The molecule has 0 aromatic heterocycles. The Labute approximate surface area is 117 Å². The van der Waals surface area contributed by atoms with Gasteiger partial charge in [-0.05, 0) is 13.0 Å². The maximum atomic E-state index is 12.3. The average molecular weight is 303 g/mol. The van der Waals surface area contributed by atoms with E-state index in [1.165, 1.54) is 27.1 Å². The van der Waals surface area contributed by atoms with Crippen LogP contribution >= 0.6 is 0 Å². The van der Waals surface area contributed by atoms with Crippen LogP contribution in [0.3, 0.4) is 0 Å². The van der Waals surface area contributed by atoms with E-state index >= 15 is 0 Å². The number of aliphatic hydroxyl groups is 1. The smallest absolute Gasteiger partial charge is 0.271 e. The highest BCUT2D eigenvalue weighted by atomic mass is 32.2. The van der Waals surface area contributed by atoms with Gasteiger partial charge in [-0.3, -0.25) is 10.1 Å². The van der Waals surface area contributed by atoms with Gasteiger partial charge in [0.1, 0.15) is 4.90 Å². The molecule has 112 valence electrons. The molecule has 0 aliphatic carbocycles. The van der Waals surface area contributed by atoms with E-state index in [9.17, 15) is 23.6 Å². The molecule has 0 saturated carbocycles. The summed E-state index contributed by atoms with van der Waals surface area (Å²) in [5.41, 5.74) is -0.0666. The molecule has 0 fully saturated rings. The zero-order valence-electron chi connectivity index (χ0n) is 11.4. The number of anilines is 1. The van der Waals surface area contributed by atoms with Gasteiger partial charge in [-0.15, -0.1) is 0 Å². The summed E-state index contributed by atoms with van der Waals surface area (Å²) in [5, 5.41) is 22.6. The number of likely N-dealkylation sites (N-methyl/N-ethyl adjacent to an activating group) is 1. The molecule has 8 nitrogen and oxygen atoms in total. The van der Waals surface area contributed by atoms with Crippen LogP contribution in [0.5, 0.6) is 0 Å². The normalized spacial score (nSPS) is 13.2. The third-order valence-corrected chi connectivity index (χ3v) is 4.53. The highest BCUT2D eigenvalue weighted by Crippen LogP contribution is 2.28.